The molecule has 0 aromatic rings. The van der Waals surface area contributed by atoms with Gasteiger partial charge in [0.05, 0.1) is 7.11 Å². The van der Waals surface area contributed by atoms with Crippen molar-refractivity contribution < 1.29 is 9.53 Å². The third-order valence-corrected chi connectivity index (χ3v) is 3.09. The highest BCUT2D eigenvalue weighted by Gasteiger charge is 1.98. The molecule has 110 valence electrons. The number of rotatable bonds is 12. The van der Waals surface area contributed by atoms with Crippen molar-refractivity contribution in [3.8, 4) is 0 Å². The highest BCUT2D eigenvalue weighted by atomic mass is 16.5. The van der Waals surface area contributed by atoms with Crippen LogP contribution in [-0.4, -0.2) is 13.1 Å². The van der Waals surface area contributed by atoms with Crippen LogP contribution < -0.4 is 0 Å². The van der Waals surface area contributed by atoms with Crippen molar-refractivity contribution in [2.75, 3.05) is 7.11 Å². The Labute approximate surface area is 118 Å². The Morgan fingerprint density at radius 3 is 2.11 bits per heavy atom. The number of carbonyl (C=O) groups excluding carboxylic acids is 1. The van der Waals surface area contributed by atoms with E-state index in [1.165, 1.54) is 45.6 Å². The van der Waals surface area contributed by atoms with Gasteiger partial charge in [0, 0.05) is 6.42 Å². The molecule has 0 aromatic carbocycles. The van der Waals surface area contributed by atoms with Crippen molar-refractivity contribution in [3.05, 3.63) is 24.3 Å². The molecule has 0 aromatic heterocycles. The zero-order valence-electron chi connectivity index (χ0n) is 12.7. The molecule has 0 aliphatic heterocycles. The minimum Gasteiger partial charge on any atom is -0.469 e. The van der Waals surface area contributed by atoms with Crippen molar-refractivity contribution in [3.63, 3.8) is 0 Å². The smallest absolute Gasteiger partial charge is 0.305 e. The van der Waals surface area contributed by atoms with Crippen molar-refractivity contribution in [1.29, 1.82) is 0 Å². The first-order chi connectivity index (χ1) is 9.31. The molecule has 0 spiro atoms. The number of esters is 1. The van der Waals surface area contributed by atoms with Crippen LogP contribution >= 0.6 is 0 Å². The molecular formula is C17H30O2. The lowest BCUT2D eigenvalue weighted by atomic mass is 10.1. The lowest BCUT2D eigenvalue weighted by molar-refractivity contribution is -0.140. The van der Waals surface area contributed by atoms with Crippen LogP contribution in [0.2, 0.25) is 0 Å². The van der Waals surface area contributed by atoms with E-state index in [2.05, 4.69) is 36.0 Å². The second-order valence-electron chi connectivity index (χ2n) is 4.88. The van der Waals surface area contributed by atoms with E-state index in [1.54, 1.807) is 0 Å². The van der Waals surface area contributed by atoms with E-state index in [9.17, 15) is 4.79 Å². The summed E-state index contributed by atoms with van der Waals surface area (Å²) in [6, 6.07) is 0. The second-order valence-corrected chi connectivity index (χ2v) is 4.88. The first-order valence-electron chi connectivity index (χ1n) is 7.69. The predicted octanol–water partition coefficient (Wildman–Crippen LogP) is 5.19. The molecule has 0 saturated heterocycles. The molecule has 0 bridgehead atoms. The topological polar surface area (TPSA) is 26.3 Å². The van der Waals surface area contributed by atoms with Gasteiger partial charge in [0.2, 0.25) is 0 Å². The first-order valence-corrected chi connectivity index (χ1v) is 7.69. The van der Waals surface area contributed by atoms with Crippen molar-refractivity contribution in [2.45, 2.75) is 71.1 Å². The molecular weight excluding hydrogens is 236 g/mol. The van der Waals surface area contributed by atoms with Gasteiger partial charge in [-0.3, -0.25) is 4.79 Å². The van der Waals surface area contributed by atoms with E-state index in [-0.39, 0.29) is 5.97 Å². The Kier molecular flexibility index (Phi) is 14.2. The quantitative estimate of drug-likeness (QED) is 0.276. The second kappa shape index (κ2) is 15.0. The number of ether oxygens (including phenoxy) is 1. The Bertz CT molecular complexity index is 254. The molecule has 0 N–H and O–H groups in total. The Hall–Kier alpha value is -1.05. The largest absolute Gasteiger partial charge is 0.469 e. The molecule has 0 unspecified atom stereocenters. The highest BCUT2D eigenvalue weighted by Crippen LogP contribution is 2.08. The summed E-state index contributed by atoms with van der Waals surface area (Å²) in [7, 11) is 1.45. The SMILES string of the molecule is CCCC/C=C\C=C\CCCCCCCC(=O)OC. The summed E-state index contributed by atoms with van der Waals surface area (Å²) in [4.78, 5) is 10.9. The molecule has 2 heteroatoms. The van der Waals surface area contributed by atoms with Crippen LogP contribution in [0.5, 0.6) is 0 Å². The van der Waals surface area contributed by atoms with Gasteiger partial charge in [-0.25, -0.2) is 0 Å². The number of carbonyl (C=O) groups is 1. The fourth-order valence-electron chi connectivity index (χ4n) is 1.84. The van der Waals surface area contributed by atoms with Gasteiger partial charge < -0.3 is 4.74 Å². The molecule has 0 aliphatic carbocycles. The number of methoxy groups -OCH3 is 1. The van der Waals surface area contributed by atoms with Crippen LogP contribution in [0.1, 0.15) is 71.1 Å². The van der Waals surface area contributed by atoms with E-state index in [4.69, 9.17) is 0 Å². The van der Waals surface area contributed by atoms with E-state index >= 15 is 0 Å². The van der Waals surface area contributed by atoms with Crippen molar-refractivity contribution >= 4 is 5.97 Å². The van der Waals surface area contributed by atoms with E-state index in [0.717, 1.165) is 19.3 Å². The molecule has 0 radical (unpaired) electrons. The predicted molar refractivity (Wildman–Crippen MR) is 82.1 cm³/mol. The standard InChI is InChI=1S/C17H30O2/c1-3-4-5-6-7-8-9-10-11-12-13-14-15-16-17(18)19-2/h6-9H,3-5,10-16H2,1-2H3/b7-6-,9-8+. The lowest BCUT2D eigenvalue weighted by Crippen LogP contribution is -1.98. The summed E-state index contributed by atoms with van der Waals surface area (Å²) < 4.78 is 4.60. The van der Waals surface area contributed by atoms with Crippen molar-refractivity contribution in [2.24, 2.45) is 0 Å². The van der Waals surface area contributed by atoms with Crippen LogP contribution in [0.3, 0.4) is 0 Å². The van der Waals surface area contributed by atoms with Gasteiger partial charge in [0.1, 0.15) is 0 Å². The molecule has 0 fully saturated rings. The van der Waals surface area contributed by atoms with Gasteiger partial charge in [-0.15, -0.1) is 0 Å². The third kappa shape index (κ3) is 14.9. The zero-order chi connectivity index (χ0) is 14.2. The summed E-state index contributed by atoms with van der Waals surface area (Å²) in [5, 5.41) is 0. The van der Waals surface area contributed by atoms with Gasteiger partial charge in [-0.2, -0.15) is 0 Å². The fourth-order valence-corrected chi connectivity index (χ4v) is 1.84. The van der Waals surface area contributed by atoms with E-state index in [0.29, 0.717) is 6.42 Å². The first kappa shape index (κ1) is 17.9. The van der Waals surface area contributed by atoms with Crippen molar-refractivity contribution in [1.82, 2.24) is 0 Å². The normalized spacial score (nSPS) is 11.5. The molecule has 0 saturated carbocycles. The number of hydrogen-bond donors (Lipinski definition) is 0. The average Bonchev–Trinajstić information content (AvgIpc) is 2.43. The maximum Gasteiger partial charge on any atom is 0.305 e. The Balaban J connectivity index is 3.20. The molecule has 0 heterocycles. The monoisotopic (exact) mass is 266 g/mol. The Morgan fingerprint density at radius 2 is 1.47 bits per heavy atom. The summed E-state index contributed by atoms with van der Waals surface area (Å²) in [5.41, 5.74) is 0. The Morgan fingerprint density at radius 1 is 0.895 bits per heavy atom. The molecule has 0 atom stereocenters. The van der Waals surface area contributed by atoms with Crippen LogP contribution in [0.25, 0.3) is 0 Å². The maximum atomic E-state index is 10.9. The summed E-state index contributed by atoms with van der Waals surface area (Å²) in [6.45, 7) is 2.22. The molecule has 19 heavy (non-hydrogen) atoms. The summed E-state index contributed by atoms with van der Waals surface area (Å²) in [6.07, 6.45) is 20.1. The number of allylic oxidation sites excluding steroid dienone is 4. The van der Waals surface area contributed by atoms with Crippen LogP contribution in [0.4, 0.5) is 0 Å². The van der Waals surface area contributed by atoms with Crippen LogP contribution in [0.15, 0.2) is 24.3 Å². The molecule has 0 amide bonds. The van der Waals surface area contributed by atoms with Gasteiger partial charge >= 0.3 is 5.97 Å². The van der Waals surface area contributed by atoms with E-state index in [1.807, 2.05) is 0 Å². The zero-order valence-corrected chi connectivity index (χ0v) is 12.7. The van der Waals surface area contributed by atoms with Crippen LogP contribution in [-0.2, 0) is 9.53 Å². The fraction of sp³-hybridized carbons (Fsp3) is 0.706. The molecule has 2 nitrogen and oxygen atoms in total. The minimum absolute atomic E-state index is 0.0854. The lowest BCUT2D eigenvalue weighted by Gasteiger charge is -1.99. The summed E-state index contributed by atoms with van der Waals surface area (Å²) >= 11 is 0. The minimum atomic E-state index is -0.0854. The van der Waals surface area contributed by atoms with Gasteiger partial charge in [0.15, 0.2) is 0 Å². The van der Waals surface area contributed by atoms with Gasteiger partial charge in [-0.1, -0.05) is 63.3 Å². The van der Waals surface area contributed by atoms with E-state index < -0.39 is 0 Å². The number of hydrogen-bond acceptors (Lipinski definition) is 2. The average molecular weight is 266 g/mol. The third-order valence-electron chi connectivity index (χ3n) is 3.09. The summed E-state index contributed by atoms with van der Waals surface area (Å²) in [5.74, 6) is -0.0854. The molecule has 0 aliphatic rings. The molecule has 0 rings (SSSR count). The van der Waals surface area contributed by atoms with Crippen LogP contribution in [0, 0.1) is 0 Å². The van der Waals surface area contributed by atoms with Gasteiger partial charge in [0.25, 0.3) is 0 Å². The van der Waals surface area contributed by atoms with Gasteiger partial charge in [-0.05, 0) is 25.7 Å². The maximum absolute atomic E-state index is 10.9. The number of unbranched alkanes of at least 4 members (excludes halogenated alkanes) is 7. The highest BCUT2D eigenvalue weighted by molar-refractivity contribution is 5.68.